The second-order valence-corrected chi connectivity index (χ2v) is 8.73. The molecule has 2 amide bonds. The minimum Gasteiger partial charge on any atom is -0.391 e. The zero-order valence-corrected chi connectivity index (χ0v) is 18.9. The number of aliphatic hydroxyl groups is 1. The van der Waals surface area contributed by atoms with Gasteiger partial charge in [-0.05, 0) is 36.2 Å². The van der Waals surface area contributed by atoms with Gasteiger partial charge in [-0.15, -0.1) is 11.3 Å². The van der Waals surface area contributed by atoms with Gasteiger partial charge in [0.15, 0.2) is 0 Å². The SMILES string of the molecule is CNc1cccc(C(=O)N2C[C@H](O)C[C@H]2C(=O)NCc2ccc(-c3scnc3C)cc2)c1. The van der Waals surface area contributed by atoms with E-state index in [-0.39, 0.29) is 24.8 Å². The molecule has 2 heterocycles. The lowest BCUT2D eigenvalue weighted by Crippen LogP contribution is -2.45. The molecular weight excluding hydrogens is 424 g/mol. The number of thiazole rings is 1. The average molecular weight is 451 g/mol. The number of nitrogens with zero attached hydrogens (tertiary/aromatic N) is 2. The van der Waals surface area contributed by atoms with Gasteiger partial charge >= 0.3 is 0 Å². The van der Waals surface area contributed by atoms with Gasteiger partial charge in [-0.25, -0.2) is 4.98 Å². The summed E-state index contributed by atoms with van der Waals surface area (Å²) < 4.78 is 0. The number of hydrogen-bond donors (Lipinski definition) is 3. The Morgan fingerprint density at radius 3 is 2.69 bits per heavy atom. The lowest BCUT2D eigenvalue weighted by Gasteiger charge is -2.24. The van der Waals surface area contributed by atoms with Crippen LogP contribution in [0.4, 0.5) is 5.69 Å². The van der Waals surface area contributed by atoms with Crippen molar-refractivity contribution in [3.63, 3.8) is 0 Å². The Hall–Kier alpha value is -3.23. The number of amides is 2. The molecule has 0 saturated carbocycles. The molecular formula is C24H26N4O3S. The number of carbonyl (C=O) groups excluding carboxylic acids is 2. The maximum atomic E-state index is 13.0. The second kappa shape index (κ2) is 9.50. The highest BCUT2D eigenvalue weighted by Gasteiger charge is 2.39. The Labute approximate surface area is 191 Å². The number of aliphatic hydroxyl groups excluding tert-OH is 1. The number of hydrogen-bond acceptors (Lipinski definition) is 6. The monoisotopic (exact) mass is 450 g/mol. The van der Waals surface area contributed by atoms with Crippen LogP contribution in [0.3, 0.4) is 0 Å². The van der Waals surface area contributed by atoms with Gasteiger partial charge in [0.05, 0.1) is 22.2 Å². The summed E-state index contributed by atoms with van der Waals surface area (Å²) in [5, 5.41) is 16.1. The summed E-state index contributed by atoms with van der Waals surface area (Å²) >= 11 is 1.60. The fraction of sp³-hybridized carbons (Fsp3) is 0.292. The van der Waals surface area contributed by atoms with Crippen LogP contribution in [0, 0.1) is 6.92 Å². The van der Waals surface area contributed by atoms with Gasteiger partial charge in [0.1, 0.15) is 6.04 Å². The minimum absolute atomic E-state index is 0.142. The first-order valence-corrected chi connectivity index (χ1v) is 11.4. The van der Waals surface area contributed by atoms with Crippen molar-refractivity contribution in [2.45, 2.75) is 32.0 Å². The van der Waals surface area contributed by atoms with Crippen molar-refractivity contribution in [3.05, 3.63) is 70.9 Å². The van der Waals surface area contributed by atoms with Crippen LogP contribution in [-0.2, 0) is 11.3 Å². The van der Waals surface area contributed by atoms with Crippen LogP contribution in [0.5, 0.6) is 0 Å². The highest BCUT2D eigenvalue weighted by Crippen LogP contribution is 2.27. The van der Waals surface area contributed by atoms with Crippen molar-refractivity contribution < 1.29 is 14.7 Å². The first-order valence-electron chi connectivity index (χ1n) is 10.5. The lowest BCUT2D eigenvalue weighted by molar-refractivity contribution is -0.125. The molecule has 0 aliphatic carbocycles. The van der Waals surface area contributed by atoms with E-state index in [1.54, 1.807) is 36.6 Å². The molecule has 0 spiro atoms. The van der Waals surface area contributed by atoms with E-state index in [2.05, 4.69) is 15.6 Å². The van der Waals surface area contributed by atoms with Crippen LogP contribution in [0.15, 0.2) is 54.0 Å². The van der Waals surface area contributed by atoms with Crippen molar-refractivity contribution in [2.75, 3.05) is 18.9 Å². The second-order valence-electron chi connectivity index (χ2n) is 7.88. The molecule has 1 aromatic heterocycles. The number of rotatable bonds is 6. The number of anilines is 1. The molecule has 0 unspecified atom stereocenters. The fourth-order valence-corrected chi connectivity index (χ4v) is 4.73. The summed E-state index contributed by atoms with van der Waals surface area (Å²) in [4.78, 5) is 32.8. The predicted molar refractivity (Wildman–Crippen MR) is 126 cm³/mol. The van der Waals surface area contributed by atoms with Crippen molar-refractivity contribution >= 4 is 28.8 Å². The van der Waals surface area contributed by atoms with E-state index in [9.17, 15) is 14.7 Å². The highest BCUT2D eigenvalue weighted by molar-refractivity contribution is 7.13. The van der Waals surface area contributed by atoms with Gasteiger partial charge < -0.3 is 20.6 Å². The van der Waals surface area contributed by atoms with E-state index in [1.165, 1.54) is 4.90 Å². The third-order valence-electron chi connectivity index (χ3n) is 5.67. The predicted octanol–water partition coefficient (Wildman–Crippen LogP) is 3.05. The van der Waals surface area contributed by atoms with Crippen LogP contribution in [0.1, 0.15) is 28.0 Å². The molecule has 0 radical (unpaired) electrons. The van der Waals surface area contributed by atoms with Crippen molar-refractivity contribution in [2.24, 2.45) is 0 Å². The van der Waals surface area contributed by atoms with Crippen molar-refractivity contribution in [1.29, 1.82) is 0 Å². The van der Waals surface area contributed by atoms with E-state index >= 15 is 0 Å². The van der Waals surface area contributed by atoms with Crippen LogP contribution in [-0.4, -0.2) is 52.5 Å². The van der Waals surface area contributed by atoms with Crippen LogP contribution >= 0.6 is 11.3 Å². The molecule has 32 heavy (non-hydrogen) atoms. The largest absolute Gasteiger partial charge is 0.391 e. The molecule has 8 heteroatoms. The molecule has 3 aromatic rings. The number of aryl methyl sites for hydroxylation is 1. The molecule has 2 atom stereocenters. The summed E-state index contributed by atoms with van der Waals surface area (Å²) in [6, 6.07) is 14.4. The Balaban J connectivity index is 1.41. The zero-order chi connectivity index (χ0) is 22.7. The van der Waals surface area contributed by atoms with Crippen LogP contribution in [0.25, 0.3) is 10.4 Å². The summed E-state index contributed by atoms with van der Waals surface area (Å²) in [5.74, 6) is -0.523. The summed E-state index contributed by atoms with van der Waals surface area (Å²) in [7, 11) is 1.78. The number of nitrogens with one attached hydrogen (secondary N) is 2. The van der Waals surface area contributed by atoms with E-state index in [1.807, 2.05) is 42.8 Å². The van der Waals surface area contributed by atoms with Gasteiger partial charge in [-0.1, -0.05) is 30.3 Å². The lowest BCUT2D eigenvalue weighted by atomic mass is 10.1. The van der Waals surface area contributed by atoms with E-state index in [0.29, 0.717) is 12.1 Å². The topological polar surface area (TPSA) is 94.6 Å². The molecule has 1 aliphatic rings. The number of β-amino-alcohol motifs (C(OH)–C–C–N with tert-alkyl or cyclic N) is 1. The third-order valence-corrected chi connectivity index (χ3v) is 6.65. The normalized spacial score (nSPS) is 17.9. The molecule has 2 aromatic carbocycles. The number of carbonyl (C=O) groups is 2. The summed E-state index contributed by atoms with van der Waals surface area (Å²) in [6.45, 7) is 2.48. The number of likely N-dealkylation sites (tertiary alicyclic amines) is 1. The Kier molecular flexibility index (Phi) is 6.53. The number of aromatic nitrogens is 1. The van der Waals surface area contributed by atoms with E-state index in [4.69, 9.17) is 0 Å². The molecule has 0 bridgehead atoms. The maximum absolute atomic E-state index is 13.0. The molecule has 1 fully saturated rings. The summed E-state index contributed by atoms with van der Waals surface area (Å²) in [6.07, 6.45) is -0.489. The van der Waals surface area contributed by atoms with Crippen molar-refractivity contribution in [3.8, 4) is 10.4 Å². The molecule has 4 rings (SSSR count). The fourth-order valence-electron chi connectivity index (χ4n) is 3.92. The minimum atomic E-state index is -0.718. The molecule has 166 valence electrons. The standard InChI is InChI=1S/C24H26N4O3S/c1-15-22(32-14-27-15)17-8-6-16(7-9-17)12-26-23(30)21-11-20(29)13-28(21)24(31)18-4-3-5-19(10-18)25-2/h3-10,14,20-21,25,29H,11-13H2,1-2H3,(H,26,30)/t20-,21+/m1/s1. The third kappa shape index (κ3) is 4.66. The van der Waals surface area contributed by atoms with E-state index in [0.717, 1.165) is 27.4 Å². The van der Waals surface area contributed by atoms with Gasteiger partial charge in [0.2, 0.25) is 5.91 Å². The first kappa shape index (κ1) is 22.0. The van der Waals surface area contributed by atoms with Crippen LogP contribution < -0.4 is 10.6 Å². The smallest absolute Gasteiger partial charge is 0.254 e. The highest BCUT2D eigenvalue weighted by atomic mass is 32.1. The summed E-state index contributed by atoms with van der Waals surface area (Å²) in [5.41, 5.74) is 6.19. The molecule has 3 N–H and O–H groups in total. The Morgan fingerprint density at radius 1 is 1.22 bits per heavy atom. The van der Waals surface area contributed by atoms with Gasteiger partial charge in [0.25, 0.3) is 5.91 Å². The Bertz CT molecular complexity index is 1110. The molecule has 7 nitrogen and oxygen atoms in total. The van der Waals surface area contributed by atoms with E-state index < -0.39 is 12.1 Å². The Morgan fingerprint density at radius 2 is 2.00 bits per heavy atom. The zero-order valence-electron chi connectivity index (χ0n) is 18.0. The molecule has 1 saturated heterocycles. The number of benzene rings is 2. The van der Waals surface area contributed by atoms with Crippen molar-refractivity contribution in [1.82, 2.24) is 15.2 Å². The molecule has 1 aliphatic heterocycles. The van der Waals surface area contributed by atoms with Crippen LogP contribution in [0.2, 0.25) is 0 Å². The van der Waals surface area contributed by atoms with Gasteiger partial charge in [-0.3, -0.25) is 9.59 Å². The quantitative estimate of drug-likeness (QED) is 0.537. The first-order chi connectivity index (χ1) is 15.5. The average Bonchev–Trinajstić information content (AvgIpc) is 3.42. The van der Waals surface area contributed by atoms with Gasteiger partial charge in [-0.2, -0.15) is 0 Å². The van der Waals surface area contributed by atoms with Gasteiger partial charge in [0, 0.05) is 37.8 Å². The maximum Gasteiger partial charge on any atom is 0.254 e.